The fourth-order valence-corrected chi connectivity index (χ4v) is 2.46. The zero-order valence-electron chi connectivity index (χ0n) is 13.6. The van der Waals surface area contributed by atoms with E-state index in [4.69, 9.17) is 4.74 Å². The standard InChI is InChI=1S/C15H27N3OS.HI/c1-6-16-14(17-10-12-8-7-9-20-12)18-11-13(19-5)15(2,3)4;/h7-9,13H,6,10-11H2,1-5H3,(H2,16,17,18);1H. The minimum Gasteiger partial charge on any atom is -0.379 e. The summed E-state index contributed by atoms with van der Waals surface area (Å²) < 4.78 is 5.55. The van der Waals surface area contributed by atoms with Crippen molar-refractivity contribution >= 4 is 41.3 Å². The van der Waals surface area contributed by atoms with Crippen LogP contribution in [0.15, 0.2) is 22.5 Å². The van der Waals surface area contributed by atoms with E-state index >= 15 is 0 Å². The Kier molecular flexibility index (Phi) is 10.2. The van der Waals surface area contributed by atoms with Gasteiger partial charge in [-0.05, 0) is 23.8 Å². The van der Waals surface area contributed by atoms with E-state index in [1.807, 2.05) is 0 Å². The van der Waals surface area contributed by atoms with E-state index in [0.29, 0.717) is 6.54 Å². The Bertz CT molecular complexity index is 402. The van der Waals surface area contributed by atoms with Gasteiger partial charge < -0.3 is 15.4 Å². The largest absolute Gasteiger partial charge is 0.379 e. The second-order valence-electron chi connectivity index (χ2n) is 5.75. The number of rotatable bonds is 6. The van der Waals surface area contributed by atoms with Gasteiger partial charge in [0.15, 0.2) is 5.96 Å². The predicted octanol–water partition coefficient (Wildman–Crippen LogP) is 3.48. The Morgan fingerprint density at radius 2 is 2.10 bits per heavy atom. The van der Waals surface area contributed by atoms with Crippen LogP contribution in [0.4, 0.5) is 0 Å². The number of ether oxygens (including phenoxy) is 1. The first-order valence-electron chi connectivity index (χ1n) is 7.04. The highest BCUT2D eigenvalue weighted by Crippen LogP contribution is 2.20. The van der Waals surface area contributed by atoms with E-state index in [1.54, 1.807) is 18.4 Å². The van der Waals surface area contributed by atoms with Crippen molar-refractivity contribution in [2.24, 2.45) is 10.4 Å². The summed E-state index contributed by atoms with van der Waals surface area (Å²) in [6.45, 7) is 10.9. The molecule has 0 aliphatic carbocycles. The van der Waals surface area contributed by atoms with E-state index < -0.39 is 0 Å². The minimum atomic E-state index is 0. The maximum absolute atomic E-state index is 5.55. The summed E-state index contributed by atoms with van der Waals surface area (Å²) in [6, 6.07) is 4.15. The molecule has 0 spiro atoms. The van der Waals surface area contributed by atoms with Crippen LogP contribution >= 0.6 is 35.3 Å². The molecule has 122 valence electrons. The summed E-state index contributed by atoms with van der Waals surface area (Å²) in [5.74, 6) is 0.840. The van der Waals surface area contributed by atoms with E-state index in [9.17, 15) is 0 Å². The molecule has 1 aromatic heterocycles. The normalized spacial score (nSPS) is 13.5. The van der Waals surface area contributed by atoms with Crippen LogP contribution in [0.5, 0.6) is 0 Å². The summed E-state index contributed by atoms with van der Waals surface area (Å²) in [4.78, 5) is 5.86. The molecular formula is C15H28IN3OS. The first-order chi connectivity index (χ1) is 9.47. The third-order valence-corrected chi connectivity index (χ3v) is 3.88. The maximum atomic E-state index is 5.55. The Morgan fingerprint density at radius 1 is 1.38 bits per heavy atom. The van der Waals surface area contributed by atoms with Crippen LogP contribution in [0.1, 0.15) is 32.6 Å². The third-order valence-electron chi connectivity index (χ3n) is 3.02. The molecule has 0 bridgehead atoms. The van der Waals surface area contributed by atoms with Crippen LogP contribution < -0.4 is 10.6 Å². The van der Waals surface area contributed by atoms with Gasteiger partial charge in [-0.1, -0.05) is 26.8 Å². The minimum absolute atomic E-state index is 0. The van der Waals surface area contributed by atoms with Crippen molar-refractivity contribution in [2.75, 3.05) is 20.2 Å². The Labute approximate surface area is 149 Å². The van der Waals surface area contributed by atoms with Gasteiger partial charge >= 0.3 is 0 Å². The summed E-state index contributed by atoms with van der Waals surface area (Å²) in [7, 11) is 1.76. The van der Waals surface area contributed by atoms with Gasteiger partial charge in [0.05, 0.1) is 12.6 Å². The average Bonchev–Trinajstić information content (AvgIpc) is 2.88. The quantitative estimate of drug-likeness (QED) is 0.417. The summed E-state index contributed by atoms with van der Waals surface area (Å²) in [5, 5.41) is 8.70. The van der Waals surface area contributed by atoms with E-state index in [-0.39, 0.29) is 35.5 Å². The van der Waals surface area contributed by atoms with Gasteiger partial charge in [-0.15, -0.1) is 35.3 Å². The lowest BCUT2D eigenvalue weighted by molar-refractivity contribution is 0.0205. The Morgan fingerprint density at radius 3 is 2.57 bits per heavy atom. The number of nitrogens with one attached hydrogen (secondary N) is 2. The summed E-state index contributed by atoms with van der Waals surface area (Å²) in [5.41, 5.74) is 0.104. The van der Waals surface area contributed by atoms with Crippen molar-refractivity contribution in [2.45, 2.75) is 40.3 Å². The van der Waals surface area contributed by atoms with E-state index in [2.05, 4.69) is 60.8 Å². The van der Waals surface area contributed by atoms with Gasteiger partial charge in [-0.2, -0.15) is 0 Å². The van der Waals surface area contributed by atoms with Gasteiger partial charge in [0.1, 0.15) is 0 Å². The van der Waals surface area contributed by atoms with Crippen molar-refractivity contribution < 1.29 is 4.74 Å². The molecule has 1 atom stereocenters. The Balaban J connectivity index is 0.00000400. The molecule has 0 amide bonds. The lowest BCUT2D eigenvalue weighted by Crippen LogP contribution is -2.45. The lowest BCUT2D eigenvalue weighted by atomic mass is 9.89. The van der Waals surface area contributed by atoms with Gasteiger partial charge in [0, 0.05) is 25.1 Å². The molecule has 0 aliphatic heterocycles. The van der Waals surface area contributed by atoms with E-state index in [1.165, 1.54) is 4.88 Å². The molecule has 2 N–H and O–H groups in total. The molecule has 4 nitrogen and oxygen atoms in total. The fourth-order valence-electron chi connectivity index (χ4n) is 1.83. The molecule has 0 saturated carbocycles. The molecule has 0 saturated heterocycles. The second-order valence-corrected chi connectivity index (χ2v) is 6.78. The zero-order chi connectivity index (χ0) is 15.0. The maximum Gasteiger partial charge on any atom is 0.191 e. The van der Waals surface area contributed by atoms with Crippen LogP contribution in [-0.2, 0) is 11.3 Å². The monoisotopic (exact) mass is 425 g/mol. The zero-order valence-corrected chi connectivity index (χ0v) is 16.7. The number of thiophene rings is 1. The number of nitrogens with zero attached hydrogens (tertiary/aromatic N) is 1. The number of guanidine groups is 1. The predicted molar refractivity (Wildman–Crippen MR) is 103 cm³/mol. The highest BCUT2D eigenvalue weighted by molar-refractivity contribution is 14.0. The molecule has 1 rings (SSSR count). The SMILES string of the molecule is CCNC(=NCc1cccs1)NCC(OC)C(C)(C)C.I. The van der Waals surface area contributed by atoms with Gasteiger partial charge in [0.25, 0.3) is 0 Å². The van der Waals surface area contributed by atoms with Crippen molar-refractivity contribution in [1.29, 1.82) is 0 Å². The third kappa shape index (κ3) is 8.01. The average molecular weight is 425 g/mol. The lowest BCUT2D eigenvalue weighted by Gasteiger charge is -2.30. The highest BCUT2D eigenvalue weighted by atomic mass is 127. The van der Waals surface area contributed by atoms with Crippen LogP contribution in [-0.4, -0.2) is 32.3 Å². The molecule has 1 aromatic rings. The molecule has 6 heteroatoms. The van der Waals surface area contributed by atoms with Crippen LogP contribution in [0.3, 0.4) is 0 Å². The van der Waals surface area contributed by atoms with Gasteiger partial charge in [0.2, 0.25) is 0 Å². The van der Waals surface area contributed by atoms with Crippen LogP contribution in [0.25, 0.3) is 0 Å². The topological polar surface area (TPSA) is 45.7 Å². The van der Waals surface area contributed by atoms with Crippen LogP contribution in [0.2, 0.25) is 0 Å². The smallest absolute Gasteiger partial charge is 0.191 e. The number of hydrogen-bond donors (Lipinski definition) is 2. The second kappa shape index (κ2) is 10.4. The Hall–Kier alpha value is -0.340. The molecule has 0 aromatic carbocycles. The summed E-state index contributed by atoms with van der Waals surface area (Å²) in [6.07, 6.45) is 0.146. The van der Waals surface area contributed by atoms with Gasteiger partial charge in [-0.25, -0.2) is 4.99 Å². The molecular weight excluding hydrogens is 397 g/mol. The van der Waals surface area contributed by atoms with Crippen LogP contribution in [0, 0.1) is 5.41 Å². The van der Waals surface area contributed by atoms with Gasteiger partial charge in [-0.3, -0.25) is 0 Å². The molecule has 0 fully saturated rings. The molecule has 0 radical (unpaired) electrons. The number of methoxy groups -OCH3 is 1. The molecule has 1 heterocycles. The van der Waals surface area contributed by atoms with Crippen molar-refractivity contribution in [3.05, 3.63) is 22.4 Å². The highest BCUT2D eigenvalue weighted by Gasteiger charge is 2.24. The molecule has 1 unspecified atom stereocenters. The first kappa shape index (κ1) is 20.7. The fraction of sp³-hybridized carbons (Fsp3) is 0.667. The molecule has 0 aliphatic rings. The van der Waals surface area contributed by atoms with E-state index in [0.717, 1.165) is 19.0 Å². The summed E-state index contributed by atoms with van der Waals surface area (Å²) >= 11 is 1.73. The van der Waals surface area contributed by atoms with Crippen molar-refractivity contribution in [3.8, 4) is 0 Å². The molecule has 21 heavy (non-hydrogen) atoms. The number of halogens is 1. The first-order valence-corrected chi connectivity index (χ1v) is 7.92. The van der Waals surface area contributed by atoms with Crippen molar-refractivity contribution in [1.82, 2.24) is 10.6 Å². The van der Waals surface area contributed by atoms with Crippen molar-refractivity contribution in [3.63, 3.8) is 0 Å². The number of aliphatic imine (C=N–C) groups is 1. The number of hydrogen-bond acceptors (Lipinski definition) is 3.